The summed E-state index contributed by atoms with van der Waals surface area (Å²) in [6.45, 7) is 3.49. The fourth-order valence-electron chi connectivity index (χ4n) is 7.33. The zero-order valence-electron chi connectivity index (χ0n) is 35.8. The first-order chi connectivity index (χ1) is 29.8. The average molecular weight is 875 g/mol. The van der Waals surface area contributed by atoms with E-state index in [1.165, 1.54) is 49.7 Å². The molecule has 4 aromatic rings. The number of carbonyl (C=O) groups excluding carboxylic acids is 2. The largest absolute Gasteiger partial charge is 0.462 e. The third-order valence-corrected chi connectivity index (χ3v) is 11.8. The molecule has 0 amide bonds. The third-order valence-electron chi connectivity index (χ3n) is 11.1. The minimum Gasteiger partial charge on any atom is -0.462 e. The molecule has 13 heteroatoms. The summed E-state index contributed by atoms with van der Waals surface area (Å²) < 4.78 is 54.5. The highest BCUT2D eigenvalue weighted by atomic mass is 32.2. The number of aliphatic hydroxyl groups excluding tert-OH is 3. The van der Waals surface area contributed by atoms with Gasteiger partial charge in [-0.3, -0.25) is 14.1 Å². The molecule has 12 nitrogen and oxygen atoms in total. The van der Waals surface area contributed by atoms with Gasteiger partial charge in [0.1, 0.15) is 36.8 Å². The number of hydrogen-bond acceptors (Lipinski definition) is 11. The van der Waals surface area contributed by atoms with E-state index in [0.29, 0.717) is 12.8 Å². The Labute approximate surface area is 366 Å². The maximum absolute atomic E-state index is 13.1. The standard InChI is InChI=1S/C49H62O12S/c1-3-5-7-9-34-11-21-38(22-12-34)40-25-15-36(16-26-40)19-29-44(50)58-31-42(32-59-49-48(54)47(53)46(52)43(61-49)33-62(55,56)57)60-45(51)30-20-37-17-27-41(28-18-37)39-23-13-35(14-24-39)10-8-6-4-2/h11-18,21-28,42-43,46-49,52-54H,3-10,19-20,29-33H2,1-2H3,(H,55,56,57)/t42?,43-,46-,47+,48-,49+/m1/s1. The summed E-state index contributed by atoms with van der Waals surface area (Å²) in [7, 11) is -4.64. The van der Waals surface area contributed by atoms with E-state index in [2.05, 4.69) is 62.4 Å². The van der Waals surface area contributed by atoms with Crippen LogP contribution in [0.3, 0.4) is 0 Å². The lowest BCUT2D eigenvalue weighted by molar-refractivity contribution is -0.297. The third kappa shape index (κ3) is 15.7. The van der Waals surface area contributed by atoms with Gasteiger partial charge >= 0.3 is 11.9 Å². The number of rotatable bonds is 24. The summed E-state index contributed by atoms with van der Waals surface area (Å²) in [5.74, 6) is -2.25. The van der Waals surface area contributed by atoms with Gasteiger partial charge in [-0.05, 0) is 83.0 Å². The fourth-order valence-corrected chi connectivity index (χ4v) is 8.02. The molecule has 62 heavy (non-hydrogen) atoms. The average Bonchev–Trinajstić information content (AvgIpc) is 3.27. The van der Waals surface area contributed by atoms with Crippen molar-refractivity contribution in [2.45, 2.75) is 128 Å². The molecule has 0 aliphatic carbocycles. The van der Waals surface area contributed by atoms with Crippen molar-refractivity contribution in [3.63, 3.8) is 0 Å². The van der Waals surface area contributed by atoms with Gasteiger partial charge in [0.15, 0.2) is 12.4 Å². The van der Waals surface area contributed by atoms with Crippen LogP contribution in [-0.4, -0.2) is 96.0 Å². The highest BCUT2D eigenvalue weighted by Crippen LogP contribution is 2.26. The number of benzene rings is 4. The van der Waals surface area contributed by atoms with E-state index in [-0.39, 0.29) is 12.8 Å². The Balaban J connectivity index is 1.15. The van der Waals surface area contributed by atoms with Crippen molar-refractivity contribution in [1.82, 2.24) is 0 Å². The van der Waals surface area contributed by atoms with Crippen molar-refractivity contribution in [3.05, 3.63) is 119 Å². The van der Waals surface area contributed by atoms with Gasteiger partial charge in [-0.1, -0.05) is 137 Å². The Hall–Kier alpha value is -4.47. The van der Waals surface area contributed by atoms with Crippen molar-refractivity contribution < 1.29 is 56.8 Å². The Morgan fingerprint density at radius 1 is 0.581 bits per heavy atom. The van der Waals surface area contributed by atoms with Crippen molar-refractivity contribution in [3.8, 4) is 22.3 Å². The van der Waals surface area contributed by atoms with Gasteiger partial charge in [0, 0.05) is 12.8 Å². The van der Waals surface area contributed by atoms with Crippen molar-refractivity contribution in [2.75, 3.05) is 19.0 Å². The van der Waals surface area contributed by atoms with E-state index in [0.717, 1.165) is 46.2 Å². The lowest BCUT2D eigenvalue weighted by atomic mass is 9.99. The highest BCUT2D eigenvalue weighted by molar-refractivity contribution is 7.85. The van der Waals surface area contributed by atoms with E-state index >= 15 is 0 Å². The maximum atomic E-state index is 13.1. The Bertz CT molecular complexity index is 2070. The molecule has 0 aromatic heterocycles. The number of esters is 2. The minimum absolute atomic E-state index is 0.0146. The van der Waals surface area contributed by atoms with Crippen LogP contribution in [0.15, 0.2) is 97.1 Å². The smallest absolute Gasteiger partial charge is 0.306 e. The van der Waals surface area contributed by atoms with Crippen LogP contribution < -0.4 is 0 Å². The zero-order valence-corrected chi connectivity index (χ0v) is 36.6. The molecule has 6 atom stereocenters. The highest BCUT2D eigenvalue weighted by Gasteiger charge is 2.46. The van der Waals surface area contributed by atoms with Crippen LogP contribution in [0.2, 0.25) is 0 Å². The molecule has 0 saturated carbocycles. The summed E-state index contributed by atoms with van der Waals surface area (Å²) in [5, 5.41) is 31.1. The van der Waals surface area contributed by atoms with E-state index in [9.17, 15) is 37.9 Å². The normalized spacial score (nSPS) is 19.5. The molecule has 4 aromatic carbocycles. The van der Waals surface area contributed by atoms with Crippen LogP contribution in [-0.2, 0) is 64.3 Å². The van der Waals surface area contributed by atoms with Crippen molar-refractivity contribution >= 4 is 22.1 Å². The summed E-state index contributed by atoms with van der Waals surface area (Å²) in [6, 6.07) is 33.0. The predicted molar refractivity (Wildman–Crippen MR) is 237 cm³/mol. The number of unbranched alkanes of at least 4 members (excludes halogenated alkanes) is 4. The maximum Gasteiger partial charge on any atom is 0.306 e. The number of aryl methyl sites for hydroxylation is 4. The lowest BCUT2D eigenvalue weighted by Gasteiger charge is -2.40. The molecule has 1 fully saturated rings. The molecule has 0 radical (unpaired) electrons. The van der Waals surface area contributed by atoms with Gasteiger partial charge in [0.25, 0.3) is 10.1 Å². The van der Waals surface area contributed by atoms with Crippen LogP contribution >= 0.6 is 0 Å². The van der Waals surface area contributed by atoms with Gasteiger partial charge in [0.2, 0.25) is 0 Å². The second-order valence-corrected chi connectivity index (χ2v) is 17.6. The SMILES string of the molecule is CCCCCc1ccc(-c2ccc(CCC(=O)OCC(CO[C@H]3O[C@H](CS(=O)(=O)O)[C@@H](O)[C@H](O)[C@H]3O)OC(=O)CCc3ccc(-c4ccc(CCCCC)cc4)cc3)cc2)cc1. The van der Waals surface area contributed by atoms with Crippen LogP contribution in [0.4, 0.5) is 0 Å². The summed E-state index contributed by atoms with van der Waals surface area (Å²) in [5.41, 5.74) is 8.78. The molecule has 1 aliphatic rings. The van der Waals surface area contributed by atoms with Crippen LogP contribution in [0.25, 0.3) is 22.3 Å². The van der Waals surface area contributed by atoms with Gasteiger partial charge in [0.05, 0.1) is 6.61 Å². The second-order valence-electron chi connectivity index (χ2n) is 16.1. The summed E-state index contributed by atoms with van der Waals surface area (Å²) in [6.07, 6.45) is 0.00724. The molecule has 1 saturated heterocycles. The monoisotopic (exact) mass is 874 g/mol. The molecular weight excluding hydrogens is 813 g/mol. The predicted octanol–water partition coefficient (Wildman–Crippen LogP) is 7.22. The first-order valence-corrected chi connectivity index (χ1v) is 23.4. The number of ether oxygens (including phenoxy) is 4. The molecular formula is C49H62O12S. The fraction of sp³-hybridized carbons (Fsp3) is 0.469. The molecule has 0 bridgehead atoms. The molecule has 1 unspecified atom stereocenters. The van der Waals surface area contributed by atoms with Crippen molar-refractivity contribution in [2.24, 2.45) is 0 Å². The van der Waals surface area contributed by atoms with Crippen LogP contribution in [0, 0.1) is 0 Å². The summed E-state index contributed by atoms with van der Waals surface area (Å²) >= 11 is 0. The molecule has 1 heterocycles. The van der Waals surface area contributed by atoms with E-state index in [1.807, 2.05) is 48.5 Å². The Morgan fingerprint density at radius 3 is 1.42 bits per heavy atom. The molecule has 1 aliphatic heterocycles. The van der Waals surface area contributed by atoms with Gasteiger partial charge in [-0.25, -0.2) is 0 Å². The van der Waals surface area contributed by atoms with E-state index < -0.39 is 77.8 Å². The minimum atomic E-state index is -4.64. The number of aliphatic hydroxyl groups is 3. The first-order valence-electron chi connectivity index (χ1n) is 21.8. The first kappa shape index (κ1) is 48.6. The molecule has 336 valence electrons. The Kier molecular flexibility index (Phi) is 19.1. The van der Waals surface area contributed by atoms with Crippen LogP contribution in [0.1, 0.15) is 87.5 Å². The summed E-state index contributed by atoms with van der Waals surface area (Å²) in [4.78, 5) is 26.1. The van der Waals surface area contributed by atoms with Gasteiger partial charge in [-0.15, -0.1) is 0 Å². The lowest BCUT2D eigenvalue weighted by Crippen LogP contribution is -2.60. The molecule has 0 spiro atoms. The van der Waals surface area contributed by atoms with Gasteiger partial charge < -0.3 is 34.3 Å². The second kappa shape index (κ2) is 24.4. The zero-order chi connectivity index (χ0) is 44.5. The van der Waals surface area contributed by atoms with Crippen LogP contribution in [0.5, 0.6) is 0 Å². The van der Waals surface area contributed by atoms with E-state index in [4.69, 9.17) is 18.9 Å². The van der Waals surface area contributed by atoms with Gasteiger partial charge in [-0.2, -0.15) is 8.42 Å². The molecule has 5 rings (SSSR count). The quantitative estimate of drug-likeness (QED) is 0.0315. The Morgan fingerprint density at radius 2 is 1.00 bits per heavy atom. The van der Waals surface area contributed by atoms with E-state index in [1.54, 1.807) is 0 Å². The topological polar surface area (TPSA) is 186 Å². The number of carbonyl (C=O) groups is 2. The molecule has 4 N–H and O–H groups in total. The van der Waals surface area contributed by atoms with Crippen molar-refractivity contribution in [1.29, 1.82) is 0 Å². The number of hydrogen-bond donors (Lipinski definition) is 4.